The second-order valence-electron chi connectivity index (χ2n) is 5.21. The fourth-order valence-electron chi connectivity index (χ4n) is 1.89. The Hall–Kier alpha value is -1.25. The van der Waals surface area contributed by atoms with Gasteiger partial charge in [-0.1, -0.05) is 5.16 Å². The standard InChI is InChI=1S/C13H19N3O3S2/c1-9-5-6-11(20-9)10(2)16(3)7-13-14-12(15-19-13)8-21(4,17)18/h5-6,10H,7-8H2,1-4H3. The van der Waals surface area contributed by atoms with Crippen molar-refractivity contribution >= 4 is 21.2 Å². The Labute approximate surface area is 128 Å². The van der Waals surface area contributed by atoms with E-state index in [-0.39, 0.29) is 17.6 Å². The van der Waals surface area contributed by atoms with Gasteiger partial charge in [0.05, 0.1) is 6.54 Å². The van der Waals surface area contributed by atoms with E-state index >= 15 is 0 Å². The summed E-state index contributed by atoms with van der Waals surface area (Å²) >= 11 is 1.76. The van der Waals surface area contributed by atoms with Gasteiger partial charge in [0.2, 0.25) is 5.89 Å². The van der Waals surface area contributed by atoms with Crippen LogP contribution >= 0.6 is 11.3 Å². The third-order valence-corrected chi connectivity index (χ3v) is 5.07. The maximum absolute atomic E-state index is 11.2. The van der Waals surface area contributed by atoms with Crippen LogP contribution in [-0.4, -0.2) is 36.8 Å². The van der Waals surface area contributed by atoms with Crippen molar-refractivity contribution in [1.29, 1.82) is 0 Å². The molecule has 0 aromatic carbocycles. The number of thiophene rings is 1. The van der Waals surface area contributed by atoms with Gasteiger partial charge in [-0.15, -0.1) is 11.3 Å². The number of rotatable bonds is 6. The van der Waals surface area contributed by atoms with Gasteiger partial charge < -0.3 is 4.52 Å². The highest BCUT2D eigenvalue weighted by Gasteiger charge is 2.18. The molecule has 6 nitrogen and oxygen atoms in total. The number of hydrogen-bond acceptors (Lipinski definition) is 7. The molecule has 0 N–H and O–H groups in total. The average molecular weight is 329 g/mol. The number of sulfone groups is 1. The van der Waals surface area contributed by atoms with E-state index in [1.54, 1.807) is 11.3 Å². The molecule has 2 rings (SSSR count). The van der Waals surface area contributed by atoms with Crippen LogP contribution < -0.4 is 0 Å². The summed E-state index contributed by atoms with van der Waals surface area (Å²) in [5.41, 5.74) is 0. The molecule has 21 heavy (non-hydrogen) atoms. The second kappa shape index (κ2) is 6.25. The van der Waals surface area contributed by atoms with Crippen LogP contribution in [0.3, 0.4) is 0 Å². The van der Waals surface area contributed by atoms with Crippen LogP contribution in [0.25, 0.3) is 0 Å². The highest BCUT2D eigenvalue weighted by molar-refractivity contribution is 7.89. The Morgan fingerprint density at radius 3 is 2.71 bits per heavy atom. The molecule has 0 aliphatic heterocycles. The molecule has 0 saturated carbocycles. The molecule has 116 valence electrons. The summed E-state index contributed by atoms with van der Waals surface area (Å²) in [5, 5.41) is 3.70. The summed E-state index contributed by atoms with van der Waals surface area (Å²) in [7, 11) is -1.17. The lowest BCUT2D eigenvalue weighted by Crippen LogP contribution is -2.21. The molecule has 1 unspecified atom stereocenters. The maximum Gasteiger partial charge on any atom is 0.240 e. The van der Waals surface area contributed by atoms with E-state index in [4.69, 9.17) is 4.52 Å². The normalized spacial score (nSPS) is 13.8. The van der Waals surface area contributed by atoms with E-state index in [2.05, 4.69) is 41.0 Å². The molecule has 2 aromatic rings. The van der Waals surface area contributed by atoms with Crippen LogP contribution in [0, 0.1) is 6.92 Å². The van der Waals surface area contributed by atoms with Crippen LogP contribution in [0.15, 0.2) is 16.7 Å². The van der Waals surface area contributed by atoms with Gasteiger partial charge in [0, 0.05) is 22.1 Å². The van der Waals surface area contributed by atoms with E-state index in [0.29, 0.717) is 12.4 Å². The molecule has 0 saturated heterocycles. The molecule has 8 heteroatoms. The van der Waals surface area contributed by atoms with Crippen LogP contribution in [-0.2, 0) is 22.1 Å². The number of aryl methyl sites for hydroxylation is 1. The van der Waals surface area contributed by atoms with Crippen molar-refractivity contribution in [3.8, 4) is 0 Å². The smallest absolute Gasteiger partial charge is 0.240 e. The minimum Gasteiger partial charge on any atom is -0.338 e. The van der Waals surface area contributed by atoms with Crippen molar-refractivity contribution < 1.29 is 12.9 Å². The first kappa shape index (κ1) is 16.1. The van der Waals surface area contributed by atoms with E-state index in [9.17, 15) is 8.42 Å². The van der Waals surface area contributed by atoms with E-state index in [1.165, 1.54) is 9.75 Å². The monoisotopic (exact) mass is 329 g/mol. The molecule has 1 atom stereocenters. The Kier molecular flexibility index (Phi) is 4.80. The predicted octanol–water partition coefficient (Wildman–Crippen LogP) is 2.18. The van der Waals surface area contributed by atoms with Crippen LogP contribution in [0.2, 0.25) is 0 Å². The summed E-state index contributed by atoms with van der Waals surface area (Å²) in [6, 6.07) is 4.44. The lowest BCUT2D eigenvalue weighted by atomic mass is 10.2. The molecule has 0 fully saturated rings. The summed E-state index contributed by atoms with van der Waals surface area (Å²) in [5.74, 6) is 0.441. The highest BCUT2D eigenvalue weighted by Crippen LogP contribution is 2.27. The summed E-state index contributed by atoms with van der Waals surface area (Å²) < 4.78 is 27.5. The third kappa shape index (κ3) is 4.62. The van der Waals surface area contributed by atoms with Crippen molar-refractivity contribution in [2.45, 2.75) is 32.2 Å². The molecular formula is C13H19N3O3S2. The Morgan fingerprint density at radius 1 is 1.43 bits per heavy atom. The first-order valence-electron chi connectivity index (χ1n) is 6.50. The molecule has 0 aliphatic rings. The van der Waals surface area contributed by atoms with Gasteiger partial charge in [0.1, 0.15) is 5.75 Å². The molecule has 0 aliphatic carbocycles. The lowest BCUT2D eigenvalue weighted by Gasteiger charge is -2.21. The van der Waals surface area contributed by atoms with Gasteiger partial charge in [0.15, 0.2) is 15.7 Å². The van der Waals surface area contributed by atoms with Gasteiger partial charge in [-0.25, -0.2) is 8.42 Å². The zero-order valence-electron chi connectivity index (χ0n) is 12.5. The number of aromatic nitrogens is 2. The zero-order chi connectivity index (χ0) is 15.6. The third-order valence-electron chi connectivity index (χ3n) is 3.12. The van der Waals surface area contributed by atoms with Crippen molar-refractivity contribution in [3.63, 3.8) is 0 Å². The van der Waals surface area contributed by atoms with Gasteiger partial charge in [0.25, 0.3) is 0 Å². The number of hydrogen-bond donors (Lipinski definition) is 0. The highest BCUT2D eigenvalue weighted by atomic mass is 32.2. The van der Waals surface area contributed by atoms with E-state index in [0.717, 1.165) is 6.26 Å². The predicted molar refractivity (Wildman–Crippen MR) is 81.8 cm³/mol. The maximum atomic E-state index is 11.2. The van der Waals surface area contributed by atoms with Crippen LogP contribution in [0.1, 0.15) is 34.4 Å². The summed E-state index contributed by atoms with van der Waals surface area (Å²) in [6.45, 7) is 4.67. The van der Waals surface area contributed by atoms with Crippen molar-refractivity contribution in [2.75, 3.05) is 13.3 Å². The molecule has 2 heterocycles. The van der Waals surface area contributed by atoms with Gasteiger partial charge in [-0.05, 0) is 33.0 Å². The Morgan fingerprint density at radius 2 is 2.14 bits per heavy atom. The second-order valence-corrected chi connectivity index (χ2v) is 8.67. The largest absolute Gasteiger partial charge is 0.338 e. The number of nitrogens with zero attached hydrogens (tertiary/aromatic N) is 3. The first-order valence-corrected chi connectivity index (χ1v) is 9.38. The van der Waals surface area contributed by atoms with Gasteiger partial charge in [-0.2, -0.15) is 4.98 Å². The quantitative estimate of drug-likeness (QED) is 0.808. The van der Waals surface area contributed by atoms with Crippen molar-refractivity contribution in [1.82, 2.24) is 15.0 Å². The zero-order valence-corrected chi connectivity index (χ0v) is 14.2. The lowest BCUT2D eigenvalue weighted by molar-refractivity contribution is 0.218. The van der Waals surface area contributed by atoms with Crippen molar-refractivity contribution in [2.24, 2.45) is 0 Å². The summed E-state index contributed by atoms with van der Waals surface area (Å²) in [6.07, 6.45) is 1.15. The average Bonchev–Trinajstić information content (AvgIpc) is 2.95. The molecule has 0 bridgehead atoms. The Bertz CT molecular complexity index is 706. The fourth-order valence-corrected chi connectivity index (χ4v) is 3.47. The van der Waals surface area contributed by atoms with Gasteiger partial charge >= 0.3 is 0 Å². The minimum atomic E-state index is -3.15. The van der Waals surface area contributed by atoms with Crippen molar-refractivity contribution in [3.05, 3.63) is 33.6 Å². The molecule has 0 radical (unpaired) electrons. The summed E-state index contributed by atoms with van der Waals surface area (Å²) in [4.78, 5) is 8.75. The molecule has 0 amide bonds. The minimum absolute atomic E-state index is 0.195. The van der Waals surface area contributed by atoms with Crippen LogP contribution in [0.5, 0.6) is 0 Å². The van der Waals surface area contributed by atoms with E-state index in [1.807, 2.05) is 7.05 Å². The fraction of sp³-hybridized carbons (Fsp3) is 0.538. The topological polar surface area (TPSA) is 76.3 Å². The molecule has 2 aromatic heterocycles. The van der Waals surface area contributed by atoms with Gasteiger partial charge in [-0.3, -0.25) is 4.90 Å². The SMILES string of the molecule is Cc1ccc(C(C)N(C)Cc2nc(CS(C)(=O)=O)no2)s1. The van der Waals surface area contributed by atoms with Crippen LogP contribution in [0.4, 0.5) is 0 Å². The first-order chi connectivity index (χ1) is 9.74. The Balaban J connectivity index is 2.01. The molecular weight excluding hydrogens is 310 g/mol. The van der Waals surface area contributed by atoms with E-state index < -0.39 is 9.84 Å². The molecule has 0 spiro atoms.